The Morgan fingerprint density at radius 1 is 1.05 bits per heavy atom. The van der Waals surface area contributed by atoms with Gasteiger partial charge in [-0.25, -0.2) is 0 Å². The molecule has 0 aliphatic carbocycles. The zero-order chi connectivity index (χ0) is 15.2. The third kappa shape index (κ3) is 1.83. The van der Waals surface area contributed by atoms with Crippen molar-refractivity contribution in [2.24, 2.45) is 0 Å². The van der Waals surface area contributed by atoms with E-state index >= 15 is 0 Å². The maximum Gasteiger partial charge on any atom is 0.282 e. The summed E-state index contributed by atoms with van der Waals surface area (Å²) in [7, 11) is 0. The van der Waals surface area contributed by atoms with Crippen LogP contribution < -0.4 is 5.73 Å². The molecule has 0 heterocycles. The largest absolute Gasteiger partial charge is 0.397 e. The fraction of sp³-hybridized carbons (Fsp3) is 0.167. The number of nitro benzene ring substituents is 2. The van der Waals surface area contributed by atoms with Gasteiger partial charge in [-0.05, 0) is 26.0 Å². The summed E-state index contributed by atoms with van der Waals surface area (Å²) in [4.78, 5) is 21.3. The Labute approximate surface area is 118 Å². The van der Waals surface area contributed by atoms with E-state index in [1.807, 2.05) is 0 Å². The first-order valence-corrected chi connectivity index (χ1v) is 5.94. The number of hydrogen-bond donors (Lipinski definition) is 1. The second kappa shape index (κ2) is 4.61. The van der Waals surface area contributed by atoms with Crippen LogP contribution in [0.4, 0.5) is 17.1 Å². The first kappa shape index (κ1) is 14.0. The summed E-state index contributed by atoms with van der Waals surface area (Å²) in [5, 5.41) is 22.7. The lowest BCUT2D eigenvalue weighted by molar-refractivity contribution is -0.387. The lowest BCUT2D eigenvalue weighted by atomic mass is 9.96. The van der Waals surface area contributed by atoms with Gasteiger partial charge in [-0.1, -0.05) is 11.6 Å². The Hall–Kier alpha value is -2.41. The van der Waals surface area contributed by atoms with E-state index in [1.165, 1.54) is 26.0 Å². The average Bonchev–Trinajstić information content (AvgIpc) is 2.35. The van der Waals surface area contributed by atoms with Crippen molar-refractivity contribution in [1.29, 1.82) is 0 Å². The minimum absolute atomic E-state index is 0.0114. The molecule has 0 unspecified atom stereocenters. The van der Waals surface area contributed by atoms with Gasteiger partial charge in [0.25, 0.3) is 11.4 Å². The highest BCUT2D eigenvalue weighted by Crippen LogP contribution is 2.44. The van der Waals surface area contributed by atoms with Crippen LogP contribution in [0.15, 0.2) is 12.1 Å². The lowest BCUT2D eigenvalue weighted by Crippen LogP contribution is -2.03. The van der Waals surface area contributed by atoms with Crippen molar-refractivity contribution in [2.75, 3.05) is 5.73 Å². The van der Waals surface area contributed by atoms with Gasteiger partial charge in [0.2, 0.25) is 0 Å². The molecule has 7 nitrogen and oxygen atoms in total. The average molecular weight is 296 g/mol. The van der Waals surface area contributed by atoms with Gasteiger partial charge in [0.1, 0.15) is 0 Å². The Balaban J connectivity index is 3.19. The molecule has 0 bridgehead atoms. The number of hydrogen-bond acceptors (Lipinski definition) is 5. The third-order valence-corrected chi connectivity index (χ3v) is 3.65. The van der Waals surface area contributed by atoms with E-state index in [4.69, 9.17) is 17.3 Å². The lowest BCUT2D eigenvalue weighted by Gasteiger charge is -2.10. The number of halogens is 1. The van der Waals surface area contributed by atoms with Crippen LogP contribution in [0.2, 0.25) is 5.02 Å². The molecule has 2 aromatic carbocycles. The van der Waals surface area contributed by atoms with Gasteiger partial charge in [-0.15, -0.1) is 0 Å². The predicted molar refractivity (Wildman–Crippen MR) is 76.2 cm³/mol. The normalized spacial score (nSPS) is 10.8. The first-order valence-electron chi connectivity index (χ1n) is 5.57. The number of fused-ring (bicyclic) bond motifs is 1. The fourth-order valence-corrected chi connectivity index (χ4v) is 2.41. The smallest absolute Gasteiger partial charge is 0.282 e. The van der Waals surface area contributed by atoms with E-state index in [-0.39, 0.29) is 44.0 Å². The molecule has 0 spiro atoms. The fourth-order valence-electron chi connectivity index (χ4n) is 2.25. The van der Waals surface area contributed by atoms with Crippen LogP contribution in [-0.2, 0) is 0 Å². The van der Waals surface area contributed by atoms with Gasteiger partial charge in [0.15, 0.2) is 0 Å². The van der Waals surface area contributed by atoms with Gasteiger partial charge in [0.05, 0.1) is 31.3 Å². The molecule has 104 valence electrons. The number of rotatable bonds is 2. The molecule has 0 saturated heterocycles. The van der Waals surface area contributed by atoms with Crippen molar-refractivity contribution in [1.82, 2.24) is 0 Å². The Morgan fingerprint density at radius 2 is 1.55 bits per heavy atom. The molecule has 2 rings (SSSR count). The van der Waals surface area contributed by atoms with Gasteiger partial charge < -0.3 is 5.73 Å². The van der Waals surface area contributed by atoms with E-state index in [2.05, 4.69) is 0 Å². The molecular formula is C12H10ClN3O4. The van der Waals surface area contributed by atoms with Crippen LogP contribution in [0.1, 0.15) is 11.1 Å². The number of nitrogens with zero attached hydrogens (tertiary/aromatic N) is 2. The van der Waals surface area contributed by atoms with Crippen molar-refractivity contribution < 1.29 is 9.85 Å². The van der Waals surface area contributed by atoms with E-state index < -0.39 is 9.85 Å². The van der Waals surface area contributed by atoms with E-state index in [0.29, 0.717) is 0 Å². The van der Waals surface area contributed by atoms with Crippen LogP contribution in [0.3, 0.4) is 0 Å². The summed E-state index contributed by atoms with van der Waals surface area (Å²) in [6, 6.07) is 2.77. The molecular weight excluding hydrogens is 286 g/mol. The molecule has 0 atom stereocenters. The number of nitrogens with two attached hydrogens (primary N) is 1. The molecule has 0 aliphatic heterocycles. The molecule has 20 heavy (non-hydrogen) atoms. The summed E-state index contributed by atoms with van der Waals surface area (Å²) in [5.74, 6) is 0. The molecule has 0 aromatic heterocycles. The standard InChI is InChI=1S/C12H10ClN3O4/c1-5-6(2)12(16(19)20)9-7(11(5)15(17)18)3-4-8(13)10(9)14/h3-4H,14H2,1-2H3. The van der Waals surface area contributed by atoms with E-state index in [0.717, 1.165) is 0 Å². The Bertz CT molecular complexity index is 773. The van der Waals surface area contributed by atoms with Crippen LogP contribution in [-0.4, -0.2) is 9.85 Å². The molecule has 8 heteroatoms. The monoisotopic (exact) mass is 295 g/mol. The number of benzene rings is 2. The number of anilines is 1. The highest BCUT2D eigenvalue weighted by atomic mass is 35.5. The molecule has 0 saturated carbocycles. The first-order chi connectivity index (χ1) is 9.27. The van der Waals surface area contributed by atoms with Crippen LogP contribution in [0.5, 0.6) is 0 Å². The molecule has 2 N–H and O–H groups in total. The van der Waals surface area contributed by atoms with Gasteiger partial charge in [-0.2, -0.15) is 0 Å². The molecule has 0 fully saturated rings. The van der Waals surface area contributed by atoms with Gasteiger partial charge in [0, 0.05) is 11.1 Å². The van der Waals surface area contributed by atoms with Crippen molar-refractivity contribution in [3.63, 3.8) is 0 Å². The van der Waals surface area contributed by atoms with E-state index in [1.54, 1.807) is 0 Å². The van der Waals surface area contributed by atoms with Crippen LogP contribution >= 0.6 is 11.6 Å². The van der Waals surface area contributed by atoms with Crippen molar-refractivity contribution in [3.8, 4) is 0 Å². The quantitative estimate of drug-likeness (QED) is 0.517. The SMILES string of the molecule is Cc1c(C)c([N+](=O)[O-])c2c(N)c(Cl)ccc2c1[N+](=O)[O-]. The zero-order valence-electron chi connectivity index (χ0n) is 10.6. The number of nitrogen functional groups attached to an aromatic ring is 1. The van der Waals surface area contributed by atoms with Gasteiger partial charge >= 0.3 is 0 Å². The highest BCUT2D eigenvalue weighted by Gasteiger charge is 2.29. The minimum atomic E-state index is -0.596. The summed E-state index contributed by atoms with van der Waals surface area (Å²) >= 11 is 5.87. The molecule has 2 aromatic rings. The summed E-state index contributed by atoms with van der Waals surface area (Å²) < 4.78 is 0. The van der Waals surface area contributed by atoms with E-state index in [9.17, 15) is 20.2 Å². The molecule has 0 aliphatic rings. The van der Waals surface area contributed by atoms with Gasteiger partial charge in [-0.3, -0.25) is 20.2 Å². The maximum absolute atomic E-state index is 11.3. The Kier molecular flexibility index (Phi) is 3.23. The highest BCUT2D eigenvalue weighted by molar-refractivity contribution is 6.35. The number of nitro groups is 2. The molecule has 0 radical (unpaired) electrons. The summed E-state index contributed by atoms with van der Waals surface area (Å²) in [6.45, 7) is 2.94. The van der Waals surface area contributed by atoms with Crippen LogP contribution in [0, 0.1) is 34.1 Å². The topological polar surface area (TPSA) is 112 Å². The second-order valence-corrected chi connectivity index (χ2v) is 4.75. The second-order valence-electron chi connectivity index (χ2n) is 4.35. The van der Waals surface area contributed by atoms with Crippen molar-refractivity contribution in [3.05, 3.63) is 48.5 Å². The predicted octanol–water partition coefficient (Wildman–Crippen LogP) is 3.51. The molecule has 0 amide bonds. The third-order valence-electron chi connectivity index (χ3n) is 3.32. The zero-order valence-corrected chi connectivity index (χ0v) is 11.4. The Morgan fingerprint density at radius 3 is 2.05 bits per heavy atom. The summed E-state index contributed by atoms with van der Waals surface area (Å²) in [6.07, 6.45) is 0. The van der Waals surface area contributed by atoms with Crippen molar-refractivity contribution >= 4 is 39.4 Å². The summed E-state index contributed by atoms with van der Waals surface area (Å²) in [5.41, 5.74) is 5.78. The minimum Gasteiger partial charge on any atom is -0.397 e. The maximum atomic E-state index is 11.3. The van der Waals surface area contributed by atoms with Crippen molar-refractivity contribution in [2.45, 2.75) is 13.8 Å². The van der Waals surface area contributed by atoms with Crippen LogP contribution in [0.25, 0.3) is 10.8 Å².